The second-order valence-electron chi connectivity index (χ2n) is 6.17. The van der Waals surface area contributed by atoms with Gasteiger partial charge in [0.25, 0.3) is 0 Å². The van der Waals surface area contributed by atoms with Gasteiger partial charge in [0.15, 0.2) is 11.6 Å². The summed E-state index contributed by atoms with van der Waals surface area (Å²) in [5.41, 5.74) is 2.87. The van der Waals surface area contributed by atoms with Crippen molar-refractivity contribution in [2.24, 2.45) is 0 Å². The second-order valence-corrected chi connectivity index (χ2v) is 6.17. The van der Waals surface area contributed by atoms with Crippen molar-refractivity contribution in [1.82, 2.24) is 19.8 Å². The molecule has 0 radical (unpaired) electrons. The van der Waals surface area contributed by atoms with E-state index in [2.05, 4.69) is 47.4 Å². The highest BCUT2D eigenvalue weighted by Crippen LogP contribution is 2.24. The van der Waals surface area contributed by atoms with Crippen LogP contribution in [-0.2, 0) is 12.0 Å². The zero-order valence-electron chi connectivity index (χ0n) is 12.7. The molecular formula is C15H19N5O. The first-order valence-corrected chi connectivity index (χ1v) is 6.94. The van der Waals surface area contributed by atoms with Gasteiger partial charge in [-0.2, -0.15) is 5.10 Å². The highest BCUT2D eigenvalue weighted by molar-refractivity contribution is 5.68. The normalized spacial score (nSPS) is 12.0. The molecule has 21 heavy (non-hydrogen) atoms. The largest absolute Gasteiger partial charge is 0.361 e. The van der Waals surface area contributed by atoms with E-state index in [1.54, 1.807) is 6.20 Å². The number of aromatic nitrogens is 4. The van der Waals surface area contributed by atoms with Gasteiger partial charge >= 0.3 is 0 Å². The molecule has 0 saturated carbocycles. The maximum absolute atomic E-state index is 5.19. The monoisotopic (exact) mass is 285 g/mol. The number of fused-ring (bicyclic) bond motifs is 1. The quantitative estimate of drug-likeness (QED) is 0.801. The zero-order chi connectivity index (χ0) is 15.0. The summed E-state index contributed by atoms with van der Waals surface area (Å²) in [6.45, 7) is 8.88. The van der Waals surface area contributed by atoms with E-state index >= 15 is 0 Å². The van der Waals surface area contributed by atoms with E-state index in [9.17, 15) is 0 Å². The van der Waals surface area contributed by atoms with Gasteiger partial charge in [0.05, 0.1) is 17.9 Å². The Morgan fingerprint density at radius 1 is 1.29 bits per heavy atom. The van der Waals surface area contributed by atoms with Gasteiger partial charge in [-0.3, -0.25) is 0 Å². The first-order chi connectivity index (χ1) is 9.93. The first kappa shape index (κ1) is 13.6. The van der Waals surface area contributed by atoms with E-state index in [0.717, 1.165) is 28.5 Å². The number of aryl methyl sites for hydroxylation is 1. The number of anilines is 1. The lowest BCUT2D eigenvalue weighted by Gasteiger charge is -2.13. The fourth-order valence-electron chi connectivity index (χ4n) is 2.10. The van der Waals surface area contributed by atoms with Crippen molar-refractivity contribution in [2.75, 3.05) is 5.32 Å². The lowest BCUT2D eigenvalue weighted by atomic mass is 9.92. The molecule has 6 heteroatoms. The van der Waals surface area contributed by atoms with E-state index in [1.807, 2.05) is 23.7 Å². The number of nitrogens with one attached hydrogen (secondary N) is 1. The molecule has 0 aliphatic carbocycles. The standard InChI is InChI=1S/C15H19N5O/c1-10-7-11(21-19-10)9-17-14-12-8-13(15(2,3)4)18-20(12)6-5-16-14/h5-8H,9H2,1-4H3,(H,16,17). The van der Waals surface area contributed by atoms with Crippen molar-refractivity contribution in [2.45, 2.75) is 39.7 Å². The average Bonchev–Trinajstić information content (AvgIpc) is 3.01. The highest BCUT2D eigenvalue weighted by atomic mass is 16.5. The predicted octanol–water partition coefficient (Wildman–Crippen LogP) is 2.94. The van der Waals surface area contributed by atoms with E-state index in [1.165, 1.54) is 0 Å². The Morgan fingerprint density at radius 3 is 2.76 bits per heavy atom. The van der Waals surface area contributed by atoms with E-state index < -0.39 is 0 Å². The van der Waals surface area contributed by atoms with Crippen molar-refractivity contribution in [1.29, 1.82) is 0 Å². The van der Waals surface area contributed by atoms with Crippen molar-refractivity contribution in [3.63, 3.8) is 0 Å². The van der Waals surface area contributed by atoms with Gasteiger partial charge in [-0.1, -0.05) is 25.9 Å². The number of rotatable bonds is 3. The molecular weight excluding hydrogens is 266 g/mol. The van der Waals surface area contributed by atoms with Crippen LogP contribution in [0.2, 0.25) is 0 Å². The minimum absolute atomic E-state index is 0.00529. The minimum Gasteiger partial charge on any atom is -0.361 e. The highest BCUT2D eigenvalue weighted by Gasteiger charge is 2.19. The number of nitrogens with zero attached hydrogens (tertiary/aromatic N) is 4. The molecule has 3 heterocycles. The molecule has 3 aromatic heterocycles. The Balaban J connectivity index is 1.89. The molecule has 0 unspecified atom stereocenters. The maximum Gasteiger partial charge on any atom is 0.156 e. The second kappa shape index (κ2) is 4.87. The third kappa shape index (κ3) is 2.74. The van der Waals surface area contributed by atoms with Crippen LogP contribution in [0, 0.1) is 6.92 Å². The van der Waals surface area contributed by atoms with Crippen molar-refractivity contribution >= 4 is 11.3 Å². The Hall–Kier alpha value is -2.37. The molecule has 0 aliphatic rings. The third-order valence-corrected chi connectivity index (χ3v) is 3.27. The van der Waals surface area contributed by atoms with Crippen LogP contribution in [0.25, 0.3) is 5.52 Å². The topological polar surface area (TPSA) is 68.2 Å². The minimum atomic E-state index is 0.00529. The van der Waals surface area contributed by atoms with Crippen molar-refractivity contribution in [3.8, 4) is 0 Å². The van der Waals surface area contributed by atoms with Gasteiger partial charge in [-0.05, 0) is 13.0 Å². The van der Waals surface area contributed by atoms with Crippen molar-refractivity contribution in [3.05, 3.63) is 41.7 Å². The molecule has 0 amide bonds. The van der Waals surface area contributed by atoms with Crippen LogP contribution >= 0.6 is 0 Å². The molecule has 0 fully saturated rings. The maximum atomic E-state index is 5.19. The van der Waals surface area contributed by atoms with Gasteiger partial charge in [-0.15, -0.1) is 0 Å². The number of hydrogen-bond acceptors (Lipinski definition) is 5. The fraction of sp³-hybridized carbons (Fsp3) is 0.400. The molecule has 0 spiro atoms. The molecule has 3 rings (SSSR count). The molecule has 0 atom stereocenters. The van der Waals surface area contributed by atoms with Crippen LogP contribution in [0.15, 0.2) is 29.0 Å². The molecule has 0 aromatic carbocycles. The van der Waals surface area contributed by atoms with Crippen LogP contribution in [0.4, 0.5) is 5.82 Å². The molecule has 0 bridgehead atoms. The van der Waals surface area contributed by atoms with Gasteiger partial charge in [0.1, 0.15) is 5.52 Å². The lowest BCUT2D eigenvalue weighted by Crippen LogP contribution is -2.11. The third-order valence-electron chi connectivity index (χ3n) is 3.27. The Labute approximate surface area is 123 Å². The molecule has 0 saturated heterocycles. The summed E-state index contributed by atoms with van der Waals surface area (Å²) in [4.78, 5) is 4.39. The van der Waals surface area contributed by atoms with E-state index in [4.69, 9.17) is 4.52 Å². The molecule has 110 valence electrons. The van der Waals surface area contributed by atoms with Gasteiger partial charge in [-0.25, -0.2) is 9.50 Å². The Kier molecular flexibility index (Phi) is 3.16. The summed E-state index contributed by atoms with van der Waals surface area (Å²) in [7, 11) is 0. The smallest absolute Gasteiger partial charge is 0.156 e. The fourth-order valence-corrected chi connectivity index (χ4v) is 2.10. The van der Waals surface area contributed by atoms with Crippen LogP contribution in [-0.4, -0.2) is 19.8 Å². The van der Waals surface area contributed by atoms with Gasteiger partial charge in [0, 0.05) is 23.9 Å². The predicted molar refractivity (Wildman–Crippen MR) is 80.3 cm³/mol. The Morgan fingerprint density at radius 2 is 2.10 bits per heavy atom. The summed E-state index contributed by atoms with van der Waals surface area (Å²) < 4.78 is 7.04. The van der Waals surface area contributed by atoms with Gasteiger partial charge < -0.3 is 9.84 Å². The molecule has 1 N–H and O–H groups in total. The SMILES string of the molecule is Cc1cc(CNc2nccn3nc(C(C)(C)C)cc23)on1. The summed E-state index contributed by atoms with van der Waals surface area (Å²) in [5.74, 6) is 1.57. The number of hydrogen-bond donors (Lipinski definition) is 1. The summed E-state index contributed by atoms with van der Waals surface area (Å²) in [6.07, 6.45) is 3.59. The average molecular weight is 285 g/mol. The Bertz CT molecular complexity index is 766. The molecule has 3 aromatic rings. The van der Waals surface area contributed by atoms with E-state index in [-0.39, 0.29) is 5.41 Å². The van der Waals surface area contributed by atoms with Crippen LogP contribution in [0.1, 0.15) is 37.9 Å². The van der Waals surface area contributed by atoms with Crippen LogP contribution < -0.4 is 5.32 Å². The molecule has 6 nitrogen and oxygen atoms in total. The van der Waals surface area contributed by atoms with Crippen molar-refractivity contribution < 1.29 is 4.52 Å². The van der Waals surface area contributed by atoms with Crippen LogP contribution in [0.5, 0.6) is 0 Å². The zero-order valence-corrected chi connectivity index (χ0v) is 12.7. The van der Waals surface area contributed by atoms with Gasteiger partial charge in [0.2, 0.25) is 0 Å². The van der Waals surface area contributed by atoms with Crippen LogP contribution in [0.3, 0.4) is 0 Å². The first-order valence-electron chi connectivity index (χ1n) is 6.94. The lowest BCUT2D eigenvalue weighted by molar-refractivity contribution is 0.384. The molecule has 0 aliphatic heterocycles. The summed E-state index contributed by atoms with van der Waals surface area (Å²) in [5, 5.41) is 11.8. The summed E-state index contributed by atoms with van der Waals surface area (Å²) >= 11 is 0. The summed E-state index contributed by atoms with van der Waals surface area (Å²) in [6, 6.07) is 3.98. The van der Waals surface area contributed by atoms with E-state index in [0.29, 0.717) is 6.54 Å².